The first-order valence-corrected chi connectivity index (χ1v) is 7.09. The zero-order chi connectivity index (χ0) is 14.8. The van der Waals surface area contributed by atoms with Gasteiger partial charge in [0, 0.05) is 13.1 Å². The number of amides is 1. The fourth-order valence-corrected chi connectivity index (χ4v) is 2.52. The predicted octanol–water partition coefficient (Wildman–Crippen LogP) is 2.54. The molecule has 0 unspecified atom stereocenters. The molecule has 1 amide bonds. The number of aromatic nitrogens is 2. The number of carbonyl (C=O) groups excluding carboxylic acids is 1. The molecule has 0 bridgehead atoms. The van der Waals surface area contributed by atoms with Crippen molar-refractivity contribution in [3.63, 3.8) is 0 Å². The van der Waals surface area contributed by atoms with Gasteiger partial charge in [0.1, 0.15) is 6.26 Å². The maximum Gasteiger partial charge on any atom is 0.259 e. The normalized spacial score (nSPS) is 14.5. The van der Waals surface area contributed by atoms with Gasteiger partial charge < -0.3 is 14.6 Å². The molecule has 2 aromatic rings. The minimum Gasteiger partial charge on any atom is -0.472 e. The van der Waals surface area contributed by atoms with Crippen LogP contribution in [0.25, 0.3) is 0 Å². The molecule has 0 aliphatic carbocycles. The molecule has 1 aliphatic rings. The second-order valence-electron chi connectivity index (χ2n) is 5.23. The largest absolute Gasteiger partial charge is 0.472 e. The summed E-state index contributed by atoms with van der Waals surface area (Å²) < 4.78 is 4.92. The van der Waals surface area contributed by atoms with Crippen molar-refractivity contribution in [1.82, 2.24) is 9.97 Å². The molecule has 110 valence electrons. The molecule has 6 nitrogen and oxygen atoms in total. The first-order valence-electron chi connectivity index (χ1n) is 7.09. The summed E-state index contributed by atoms with van der Waals surface area (Å²) in [5, 5.41) is 2.86. The molecule has 1 N–H and O–H groups in total. The number of furan rings is 1. The van der Waals surface area contributed by atoms with Crippen molar-refractivity contribution in [3.8, 4) is 0 Å². The molecule has 0 saturated carbocycles. The molecule has 1 fully saturated rings. The van der Waals surface area contributed by atoms with Crippen LogP contribution in [-0.2, 0) is 0 Å². The first-order chi connectivity index (χ1) is 10.1. The molecule has 1 aliphatic heterocycles. The standard InChI is InChI=1S/C15H18N4O2/c1-10-13(18-14(20)12-5-8-21-9-12)11(2)17-15(16-10)19-6-3-4-7-19/h5,8-9H,3-4,6-7H2,1-2H3,(H,18,20). The SMILES string of the molecule is Cc1nc(N2CCCC2)nc(C)c1NC(=O)c1ccoc1. The third kappa shape index (κ3) is 2.74. The molecule has 3 rings (SSSR count). The highest BCUT2D eigenvalue weighted by Crippen LogP contribution is 2.23. The highest BCUT2D eigenvalue weighted by atomic mass is 16.3. The topological polar surface area (TPSA) is 71.3 Å². The summed E-state index contributed by atoms with van der Waals surface area (Å²) in [4.78, 5) is 23.3. The molecule has 0 aromatic carbocycles. The Morgan fingerprint density at radius 1 is 1.24 bits per heavy atom. The van der Waals surface area contributed by atoms with Crippen LogP contribution in [-0.4, -0.2) is 29.0 Å². The van der Waals surface area contributed by atoms with Crippen LogP contribution in [0.5, 0.6) is 0 Å². The number of nitrogens with zero attached hydrogens (tertiary/aromatic N) is 3. The van der Waals surface area contributed by atoms with Crippen LogP contribution in [0.1, 0.15) is 34.6 Å². The quantitative estimate of drug-likeness (QED) is 0.938. The zero-order valence-corrected chi connectivity index (χ0v) is 12.2. The van der Waals surface area contributed by atoms with Gasteiger partial charge in [0.05, 0.1) is 28.9 Å². The van der Waals surface area contributed by atoms with Crippen molar-refractivity contribution in [1.29, 1.82) is 0 Å². The number of rotatable bonds is 3. The van der Waals surface area contributed by atoms with E-state index < -0.39 is 0 Å². The van der Waals surface area contributed by atoms with Crippen molar-refractivity contribution in [2.24, 2.45) is 0 Å². The van der Waals surface area contributed by atoms with Gasteiger partial charge in [-0.25, -0.2) is 9.97 Å². The van der Waals surface area contributed by atoms with Gasteiger partial charge >= 0.3 is 0 Å². The lowest BCUT2D eigenvalue weighted by Gasteiger charge is -2.18. The first kappa shape index (κ1) is 13.6. The van der Waals surface area contributed by atoms with E-state index in [1.54, 1.807) is 6.07 Å². The summed E-state index contributed by atoms with van der Waals surface area (Å²) in [7, 11) is 0. The third-order valence-electron chi connectivity index (χ3n) is 3.67. The van der Waals surface area contributed by atoms with E-state index in [1.165, 1.54) is 25.4 Å². The lowest BCUT2D eigenvalue weighted by molar-refractivity contribution is 0.102. The molecule has 21 heavy (non-hydrogen) atoms. The number of nitrogens with one attached hydrogen (secondary N) is 1. The minimum atomic E-state index is -0.215. The smallest absolute Gasteiger partial charge is 0.259 e. The lowest BCUT2D eigenvalue weighted by atomic mass is 10.2. The Labute approximate surface area is 123 Å². The second-order valence-corrected chi connectivity index (χ2v) is 5.23. The van der Waals surface area contributed by atoms with E-state index in [9.17, 15) is 4.79 Å². The predicted molar refractivity (Wildman–Crippen MR) is 79.6 cm³/mol. The molecule has 1 saturated heterocycles. The van der Waals surface area contributed by atoms with E-state index in [-0.39, 0.29) is 5.91 Å². The van der Waals surface area contributed by atoms with Crippen molar-refractivity contribution in [3.05, 3.63) is 35.5 Å². The van der Waals surface area contributed by atoms with Gasteiger partial charge in [-0.2, -0.15) is 0 Å². The minimum absolute atomic E-state index is 0.215. The van der Waals surface area contributed by atoms with Crippen LogP contribution >= 0.6 is 0 Å². The van der Waals surface area contributed by atoms with Crippen molar-refractivity contribution in [2.45, 2.75) is 26.7 Å². The Balaban J connectivity index is 1.84. The van der Waals surface area contributed by atoms with E-state index in [2.05, 4.69) is 20.2 Å². The van der Waals surface area contributed by atoms with Crippen LogP contribution in [0.3, 0.4) is 0 Å². The Bertz CT molecular complexity index is 623. The summed E-state index contributed by atoms with van der Waals surface area (Å²) in [6.45, 7) is 5.78. The highest BCUT2D eigenvalue weighted by Gasteiger charge is 2.18. The third-order valence-corrected chi connectivity index (χ3v) is 3.67. The average Bonchev–Trinajstić information content (AvgIpc) is 3.14. The molecule has 0 atom stereocenters. The summed E-state index contributed by atoms with van der Waals surface area (Å²) in [5.41, 5.74) is 2.71. The molecular weight excluding hydrogens is 268 g/mol. The summed E-state index contributed by atoms with van der Waals surface area (Å²) in [5.74, 6) is 0.538. The Morgan fingerprint density at radius 3 is 2.48 bits per heavy atom. The van der Waals surface area contributed by atoms with E-state index in [1.807, 2.05) is 13.8 Å². The monoisotopic (exact) mass is 286 g/mol. The van der Waals surface area contributed by atoms with Gasteiger partial charge in [-0.15, -0.1) is 0 Å². The van der Waals surface area contributed by atoms with Crippen LogP contribution in [0.2, 0.25) is 0 Å². The molecule has 6 heteroatoms. The Hall–Kier alpha value is -2.37. The molecular formula is C15H18N4O2. The van der Waals surface area contributed by atoms with Gasteiger partial charge in [-0.1, -0.05) is 0 Å². The number of aryl methyl sites for hydroxylation is 2. The number of hydrogen-bond donors (Lipinski definition) is 1. The summed E-state index contributed by atoms with van der Waals surface area (Å²) >= 11 is 0. The molecule has 3 heterocycles. The Kier molecular flexibility index (Phi) is 3.60. The molecule has 0 radical (unpaired) electrons. The highest BCUT2D eigenvalue weighted by molar-refractivity contribution is 6.04. The molecule has 2 aromatic heterocycles. The fraction of sp³-hybridized carbons (Fsp3) is 0.400. The van der Waals surface area contributed by atoms with Gasteiger partial charge in [-0.3, -0.25) is 4.79 Å². The van der Waals surface area contributed by atoms with Gasteiger partial charge in [-0.05, 0) is 32.8 Å². The van der Waals surface area contributed by atoms with Crippen molar-refractivity contribution < 1.29 is 9.21 Å². The van der Waals surface area contributed by atoms with Gasteiger partial charge in [0.2, 0.25) is 5.95 Å². The van der Waals surface area contributed by atoms with E-state index in [4.69, 9.17) is 4.42 Å². The molecule has 0 spiro atoms. The van der Waals surface area contributed by atoms with Crippen LogP contribution < -0.4 is 10.2 Å². The summed E-state index contributed by atoms with van der Waals surface area (Å²) in [6.07, 6.45) is 5.25. The number of anilines is 2. The number of carbonyl (C=O) groups is 1. The van der Waals surface area contributed by atoms with E-state index in [0.717, 1.165) is 30.4 Å². The summed E-state index contributed by atoms with van der Waals surface area (Å²) in [6, 6.07) is 1.62. The maximum absolute atomic E-state index is 12.1. The van der Waals surface area contributed by atoms with Crippen LogP contribution in [0, 0.1) is 13.8 Å². The second kappa shape index (κ2) is 5.55. The van der Waals surface area contributed by atoms with Crippen LogP contribution in [0.4, 0.5) is 11.6 Å². The fourth-order valence-electron chi connectivity index (χ4n) is 2.52. The average molecular weight is 286 g/mol. The Morgan fingerprint density at radius 2 is 1.90 bits per heavy atom. The maximum atomic E-state index is 12.1. The van der Waals surface area contributed by atoms with E-state index >= 15 is 0 Å². The zero-order valence-electron chi connectivity index (χ0n) is 12.2. The van der Waals surface area contributed by atoms with E-state index in [0.29, 0.717) is 11.3 Å². The van der Waals surface area contributed by atoms with Crippen LogP contribution in [0.15, 0.2) is 23.0 Å². The van der Waals surface area contributed by atoms with Crippen molar-refractivity contribution in [2.75, 3.05) is 23.3 Å². The lowest BCUT2D eigenvalue weighted by Crippen LogP contribution is -2.22. The van der Waals surface area contributed by atoms with Gasteiger partial charge in [0.25, 0.3) is 5.91 Å². The number of hydrogen-bond acceptors (Lipinski definition) is 5. The van der Waals surface area contributed by atoms with Gasteiger partial charge in [0.15, 0.2) is 0 Å². The van der Waals surface area contributed by atoms with Crippen molar-refractivity contribution >= 4 is 17.5 Å².